The van der Waals surface area contributed by atoms with Gasteiger partial charge in [-0.15, -0.1) is 0 Å². The highest BCUT2D eigenvalue weighted by atomic mass is 35.5. The van der Waals surface area contributed by atoms with Crippen LogP contribution in [0.15, 0.2) is 35.5 Å². The second kappa shape index (κ2) is 6.80. The lowest BCUT2D eigenvalue weighted by molar-refractivity contribution is 0.396. The molecule has 1 unspecified atom stereocenters. The van der Waals surface area contributed by atoms with Crippen LogP contribution in [0, 0.1) is 5.41 Å². The molecule has 0 aliphatic heterocycles. The Bertz CT molecular complexity index is 282. The van der Waals surface area contributed by atoms with Crippen molar-refractivity contribution < 1.29 is 0 Å². The number of hydrogen-bond donors (Lipinski definition) is 1. The van der Waals surface area contributed by atoms with Gasteiger partial charge in [0, 0.05) is 16.8 Å². The topological polar surface area (TPSA) is 12.0 Å². The molecule has 1 N–H and O–H groups in total. The second-order valence-corrected chi connectivity index (χ2v) is 5.74. The first-order chi connectivity index (χ1) is 7.24. The Labute approximate surface area is 105 Å². The summed E-state index contributed by atoms with van der Waals surface area (Å²) in [7, 11) is 0. The number of allylic oxidation sites excluding steroid dienone is 4. The van der Waals surface area contributed by atoms with Crippen LogP contribution < -0.4 is 5.32 Å². The van der Waals surface area contributed by atoms with Gasteiger partial charge in [-0.05, 0) is 31.8 Å². The molecular formula is C14H24ClN. The van der Waals surface area contributed by atoms with Gasteiger partial charge in [-0.1, -0.05) is 51.1 Å². The molecule has 0 rings (SSSR count). The first kappa shape index (κ1) is 15.3. The van der Waals surface area contributed by atoms with Crippen molar-refractivity contribution in [2.75, 3.05) is 0 Å². The largest absolute Gasteiger partial charge is 0.383 e. The summed E-state index contributed by atoms with van der Waals surface area (Å²) in [6.45, 7) is 14.7. The van der Waals surface area contributed by atoms with Crippen LogP contribution in [0.4, 0.5) is 0 Å². The van der Waals surface area contributed by atoms with Gasteiger partial charge in [-0.3, -0.25) is 0 Å². The third-order valence-corrected chi connectivity index (χ3v) is 2.34. The number of halogens is 1. The standard InChI is InChI=1S/C14H24ClN/c1-7-13(15)9-8-11(2)16-12(3)10-14(4,5)6/h7-9,11,16H,3,10H2,1-2,4-6H3/b9-8-,13-7+. The molecular weight excluding hydrogens is 218 g/mol. The maximum atomic E-state index is 5.88. The van der Waals surface area contributed by atoms with Crippen molar-refractivity contribution in [3.8, 4) is 0 Å². The van der Waals surface area contributed by atoms with Gasteiger partial charge in [-0.25, -0.2) is 0 Å². The summed E-state index contributed by atoms with van der Waals surface area (Å²) in [5, 5.41) is 4.11. The van der Waals surface area contributed by atoms with Crippen LogP contribution in [0.5, 0.6) is 0 Å². The Kier molecular flexibility index (Phi) is 6.51. The van der Waals surface area contributed by atoms with E-state index in [0.29, 0.717) is 0 Å². The minimum Gasteiger partial charge on any atom is -0.383 e. The van der Waals surface area contributed by atoms with Crippen LogP contribution >= 0.6 is 11.6 Å². The van der Waals surface area contributed by atoms with E-state index < -0.39 is 0 Å². The van der Waals surface area contributed by atoms with E-state index in [9.17, 15) is 0 Å². The fourth-order valence-corrected chi connectivity index (χ4v) is 1.47. The van der Waals surface area contributed by atoms with Gasteiger partial charge in [0.2, 0.25) is 0 Å². The Morgan fingerprint density at radius 1 is 1.44 bits per heavy atom. The lowest BCUT2D eigenvalue weighted by Crippen LogP contribution is -2.25. The van der Waals surface area contributed by atoms with Crippen molar-refractivity contribution in [2.45, 2.75) is 47.1 Å². The zero-order chi connectivity index (χ0) is 12.8. The maximum Gasteiger partial charge on any atom is 0.0416 e. The average Bonchev–Trinajstić information content (AvgIpc) is 2.10. The fraction of sp³-hybridized carbons (Fsp3) is 0.571. The Balaban J connectivity index is 4.11. The Morgan fingerprint density at radius 2 is 2.00 bits per heavy atom. The van der Waals surface area contributed by atoms with Crippen LogP contribution in [0.3, 0.4) is 0 Å². The summed E-state index contributed by atoms with van der Waals surface area (Å²) in [5.74, 6) is 0. The molecule has 0 aromatic rings. The fourth-order valence-electron chi connectivity index (χ4n) is 1.39. The highest BCUT2D eigenvalue weighted by molar-refractivity contribution is 6.31. The highest BCUT2D eigenvalue weighted by Crippen LogP contribution is 2.21. The molecule has 0 aliphatic carbocycles. The van der Waals surface area contributed by atoms with Crippen LogP contribution in [0.1, 0.15) is 41.0 Å². The molecule has 92 valence electrons. The van der Waals surface area contributed by atoms with Crippen molar-refractivity contribution in [2.24, 2.45) is 5.41 Å². The molecule has 1 atom stereocenters. The molecule has 0 aromatic heterocycles. The predicted molar refractivity (Wildman–Crippen MR) is 74.6 cm³/mol. The summed E-state index contributed by atoms with van der Waals surface area (Å²) < 4.78 is 0. The van der Waals surface area contributed by atoms with Crippen LogP contribution in [0.2, 0.25) is 0 Å². The SMILES string of the molecule is C=C(CC(C)(C)C)NC(C)/C=C\C(Cl)=C/C. The number of rotatable bonds is 5. The first-order valence-electron chi connectivity index (χ1n) is 5.69. The van der Waals surface area contributed by atoms with Gasteiger partial charge < -0.3 is 5.32 Å². The molecule has 0 bridgehead atoms. The van der Waals surface area contributed by atoms with Crippen molar-refractivity contribution in [1.29, 1.82) is 0 Å². The quantitative estimate of drug-likeness (QED) is 0.693. The smallest absolute Gasteiger partial charge is 0.0416 e. The van der Waals surface area contributed by atoms with Gasteiger partial charge in [0.25, 0.3) is 0 Å². The molecule has 0 radical (unpaired) electrons. The maximum absolute atomic E-state index is 5.88. The van der Waals surface area contributed by atoms with E-state index in [-0.39, 0.29) is 11.5 Å². The molecule has 0 aromatic carbocycles. The molecule has 16 heavy (non-hydrogen) atoms. The molecule has 0 saturated heterocycles. The van der Waals surface area contributed by atoms with E-state index in [2.05, 4.69) is 39.6 Å². The predicted octanol–water partition coefficient (Wildman–Crippen LogP) is 4.61. The third-order valence-electron chi connectivity index (χ3n) is 2.00. The molecule has 0 spiro atoms. The summed E-state index contributed by atoms with van der Waals surface area (Å²) >= 11 is 5.88. The van der Waals surface area contributed by atoms with Crippen LogP contribution in [0.25, 0.3) is 0 Å². The molecule has 0 aliphatic rings. The normalized spacial score (nSPS) is 15.2. The van der Waals surface area contributed by atoms with E-state index in [4.69, 9.17) is 11.6 Å². The van der Waals surface area contributed by atoms with E-state index in [1.807, 2.05) is 25.2 Å². The lowest BCUT2D eigenvalue weighted by atomic mass is 9.91. The van der Waals surface area contributed by atoms with E-state index in [1.165, 1.54) is 0 Å². The monoisotopic (exact) mass is 241 g/mol. The molecule has 1 nitrogen and oxygen atoms in total. The van der Waals surface area contributed by atoms with Crippen molar-refractivity contribution in [3.05, 3.63) is 35.5 Å². The summed E-state index contributed by atoms with van der Waals surface area (Å²) in [6, 6.07) is 0.253. The van der Waals surface area contributed by atoms with Crippen LogP contribution in [-0.2, 0) is 0 Å². The van der Waals surface area contributed by atoms with E-state index in [1.54, 1.807) is 0 Å². The minimum atomic E-state index is 0.253. The Hall–Kier alpha value is -0.690. The summed E-state index contributed by atoms with van der Waals surface area (Å²) in [6.07, 6.45) is 6.79. The van der Waals surface area contributed by atoms with Gasteiger partial charge in [-0.2, -0.15) is 0 Å². The zero-order valence-electron chi connectivity index (χ0n) is 11.1. The number of nitrogens with one attached hydrogen (secondary N) is 1. The molecule has 0 amide bonds. The second-order valence-electron chi connectivity index (χ2n) is 5.31. The van der Waals surface area contributed by atoms with Crippen molar-refractivity contribution in [3.63, 3.8) is 0 Å². The van der Waals surface area contributed by atoms with E-state index >= 15 is 0 Å². The van der Waals surface area contributed by atoms with Gasteiger partial charge in [0.1, 0.15) is 0 Å². The molecule has 0 heterocycles. The van der Waals surface area contributed by atoms with Gasteiger partial charge in [0.15, 0.2) is 0 Å². The van der Waals surface area contributed by atoms with Crippen molar-refractivity contribution in [1.82, 2.24) is 5.32 Å². The van der Waals surface area contributed by atoms with Crippen molar-refractivity contribution >= 4 is 11.6 Å². The molecule has 2 heteroatoms. The first-order valence-corrected chi connectivity index (χ1v) is 6.06. The summed E-state index contributed by atoms with van der Waals surface area (Å²) in [5.41, 5.74) is 1.34. The number of hydrogen-bond acceptors (Lipinski definition) is 1. The average molecular weight is 242 g/mol. The summed E-state index contributed by atoms with van der Waals surface area (Å²) in [4.78, 5) is 0. The molecule has 0 saturated carbocycles. The minimum absolute atomic E-state index is 0.253. The molecule has 0 fully saturated rings. The van der Waals surface area contributed by atoms with E-state index in [0.717, 1.165) is 17.2 Å². The highest BCUT2D eigenvalue weighted by Gasteiger charge is 2.12. The lowest BCUT2D eigenvalue weighted by Gasteiger charge is -2.22. The Morgan fingerprint density at radius 3 is 2.44 bits per heavy atom. The van der Waals surface area contributed by atoms with Gasteiger partial charge >= 0.3 is 0 Å². The third kappa shape index (κ3) is 8.60. The van der Waals surface area contributed by atoms with Crippen LogP contribution in [-0.4, -0.2) is 6.04 Å². The van der Waals surface area contributed by atoms with Gasteiger partial charge in [0.05, 0.1) is 0 Å². The zero-order valence-corrected chi connectivity index (χ0v) is 11.9.